The summed E-state index contributed by atoms with van der Waals surface area (Å²) in [6.07, 6.45) is -4.82. The van der Waals surface area contributed by atoms with Gasteiger partial charge in [-0.1, -0.05) is 0 Å². The first-order chi connectivity index (χ1) is 3.48. The van der Waals surface area contributed by atoms with E-state index in [4.69, 9.17) is 0 Å². The van der Waals surface area contributed by atoms with E-state index in [1.165, 1.54) is 0 Å². The average Bonchev–Trinajstić information content (AvgIpc) is 1.62. The fraction of sp³-hybridized carbons (Fsp3) is 0.500. The Balaban J connectivity index is 3.82. The zero-order valence-electron chi connectivity index (χ0n) is 3.66. The van der Waals surface area contributed by atoms with Crippen LogP contribution in [-0.2, 0) is 8.32 Å². The van der Waals surface area contributed by atoms with Crippen molar-refractivity contribution in [3.05, 3.63) is 0 Å². The molecule has 2 nitrogen and oxygen atoms in total. The predicted molar refractivity (Wildman–Crippen MR) is 19.3 cm³/mol. The molecule has 0 N–H and O–H groups in total. The average molecular weight is 184 g/mol. The van der Waals surface area contributed by atoms with Crippen molar-refractivity contribution >= 4 is 24.9 Å². The van der Waals surface area contributed by atoms with Crippen molar-refractivity contribution in [3.63, 3.8) is 0 Å². The standard InChI is InChI=1S/C2HF3O2.Ga.H/c3-2(4,5)1(6)7;;/h(H,6,7);;/q;+1;/p-1. The van der Waals surface area contributed by atoms with Crippen LogP contribution in [0, 0.1) is 0 Å². The molecular weight excluding hydrogens is 183 g/mol. The topological polar surface area (TPSA) is 26.3 Å². The van der Waals surface area contributed by atoms with E-state index in [1.54, 1.807) is 0 Å². The van der Waals surface area contributed by atoms with Gasteiger partial charge in [-0.2, -0.15) is 0 Å². The molecule has 0 amide bonds. The molecule has 0 rings (SSSR count). The van der Waals surface area contributed by atoms with Gasteiger partial charge >= 0.3 is 52.6 Å². The Kier molecular flexibility index (Phi) is 2.42. The van der Waals surface area contributed by atoms with Gasteiger partial charge in [0.25, 0.3) is 0 Å². The van der Waals surface area contributed by atoms with E-state index in [0.29, 0.717) is 0 Å². The third kappa shape index (κ3) is 2.27. The van der Waals surface area contributed by atoms with Crippen LogP contribution in [0.2, 0.25) is 0 Å². The summed E-state index contributed by atoms with van der Waals surface area (Å²) in [5.74, 6) is -2.11. The van der Waals surface area contributed by atoms with Crippen molar-refractivity contribution in [1.29, 1.82) is 0 Å². The number of hydrogen-bond donors (Lipinski definition) is 0. The molecule has 6 heteroatoms. The maximum atomic E-state index is 11.0. The summed E-state index contributed by atoms with van der Waals surface area (Å²) in [5, 5.41) is 0. The molecule has 0 saturated carbocycles. The SMILES string of the molecule is O=C([O][GaH])C(F)(F)F. The van der Waals surface area contributed by atoms with E-state index in [2.05, 4.69) is 3.53 Å². The summed E-state index contributed by atoms with van der Waals surface area (Å²) >= 11 is -0.127. The fourth-order valence-corrected chi connectivity index (χ4v) is 0.425. The van der Waals surface area contributed by atoms with Crippen molar-refractivity contribution in [1.82, 2.24) is 0 Å². The molecule has 0 aliphatic rings. The zero-order chi connectivity index (χ0) is 6.78. The van der Waals surface area contributed by atoms with Crippen LogP contribution in [0.1, 0.15) is 0 Å². The van der Waals surface area contributed by atoms with Gasteiger partial charge in [-0.3, -0.25) is 0 Å². The van der Waals surface area contributed by atoms with Gasteiger partial charge in [0.05, 0.1) is 0 Å². The molecule has 0 atom stereocenters. The second kappa shape index (κ2) is 2.45. The van der Waals surface area contributed by atoms with Crippen molar-refractivity contribution in [2.45, 2.75) is 6.18 Å². The van der Waals surface area contributed by atoms with Crippen LogP contribution in [-0.4, -0.2) is 31.1 Å². The molecule has 0 unspecified atom stereocenters. The molecule has 8 heavy (non-hydrogen) atoms. The van der Waals surface area contributed by atoms with E-state index < -0.39 is 12.1 Å². The first-order valence-corrected chi connectivity index (χ1v) is 2.73. The van der Waals surface area contributed by atoms with Crippen LogP contribution in [0.15, 0.2) is 0 Å². The fourth-order valence-electron chi connectivity index (χ4n) is 0.0818. The van der Waals surface area contributed by atoms with E-state index >= 15 is 0 Å². The molecule has 0 aromatic heterocycles. The number of carbonyl (C=O) groups excluding carboxylic acids is 1. The number of alkyl halides is 3. The molecular formula is C2HF3GaO2. The first kappa shape index (κ1) is 7.90. The number of carbonyl (C=O) groups is 1. The molecule has 0 aromatic rings. The van der Waals surface area contributed by atoms with Gasteiger partial charge in [-0.15, -0.1) is 0 Å². The van der Waals surface area contributed by atoms with Crippen LogP contribution in [0.25, 0.3) is 0 Å². The van der Waals surface area contributed by atoms with Crippen molar-refractivity contribution < 1.29 is 21.5 Å². The van der Waals surface area contributed by atoms with Gasteiger partial charge in [0, 0.05) is 0 Å². The van der Waals surface area contributed by atoms with Gasteiger partial charge in [0.15, 0.2) is 0 Å². The minimum absolute atomic E-state index is 0.127. The maximum absolute atomic E-state index is 11.0. The van der Waals surface area contributed by atoms with Crippen LogP contribution in [0.4, 0.5) is 13.2 Å². The van der Waals surface area contributed by atoms with Crippen LogP contribution < -0.4 is 0 Å². The Morgan fingerprint density at radius 2 is 1.88 bits per heavy atom. The van der Waals surface area contributed by atoms with Gasteiger partial charge in [0.1, 0.15) is 0 Å². The third-order valence-corrected chi connectivity index (χ3v) is 0.913. The van der Waals surface area contributed by atoms with Crippen LogP contribution in [0.5, 0.6) is 0 Å². The molecule has 0 fully saturated rings. The summed E-state index contributed by atoms with van der Waals surface area (Å²) in [6, 6.07) is 0. The second-order valence-electron chi connectivity index (χ2n) is 0.930. The quantitative estimate of drug-likeness (QED) is 0.491. The van der Waals surface area contributed by atoms with Gasteiger partial charge in [-0.25, -0.2) is 0 Å². The number of rotatable bonds is 0. The molecule has 0 aromatic carbocycles. The van der Waals surface area contributed by atoms with Gasteiger partial charge in [-0.05, 0) is 0 Å². The molecule has 0 bridgehead atoms. The monoisotopic (exact) mass is 183 g/mol. The molecule has 1 radical (unpaired) electrons. The molecule has 45 valence electrons. The van der Waals surface area contributed by atoms with Crippen molar-refractivity contribution in [2.24, 2.45) is 0 Å². The van der Waals surface area contributed by atoms with E-state index in [0.717, 1.165) is 0 Å². The summed E-state index contributed by atoms with van der Waals surface area (Å²) in [6.45, 7) is 0. The molecule has 0 saturated heterocycles. The molecule has 0 heterocycles. The molecule has 0 aliphatic carbocycles. The summed E-state index contributed by atoms with van der Waals surface area (Å²) in [4.78, 5) is 9.52. The Labute approximate surface area is 53.3 Å². The van der Waals surface area contributed by atoms with Gasteiger partial charge in [0.2, 0.25) is 0 Å². The minimum atomic E-state index is -4.82. The first-order valence-electron chi connectivity index (χ1n) is 1.51. The summed E-state index contributed by atoms with van der Waals surface area (Å²) in [5.41, 5.74) is 0. The predicted octanol–water partition coefficient (Wildman–Crippen LogP) is -0.0923. The molecule has 0 aliphatic heterocycles. The normalized spacial score (nSPS) is 10.9. The summed E-state index contributed by atoms with van der Waals surface area (Å²) in [7, 11) is 0. The Morgan fingerprint density at radius 1 is 1.50 bits per heavy atom. The van der Waals surface area contributed by atoms with Crippen molar-refractivity contribution in [3.8, 4) is 0 Å². The Morgan fingerprint density at radius 3 is 1.88 bits per heavy atom. The second-order valence-corrected chi connectivity index (χ2v) is 1.54. The van der Waals surface area contributed by atoms with E-state index in [9.17, 15) is 18.0 Å². The Bertz CT molecular complexity index is 97.9. The van der Waals surface area contributed by atoms with E-state index in [1.807, 2.05) is 0 Å². The van der Waals surface area contributed by atoms with E-state index in [-0.39, 0.29) is 19.0 Å². The third-order valence-electron chi connectivity index (χ3n) is 0.363. The van der Waals surface area contributed by atoms with Gasteiger partial charge < -0.3 is 0 Å². The van der Waals surface area contributed by atoms with Crippen molar-refractivity contribution in [2.75, 3.05) is 0 Å². The van der Waals surface area contributed by atoms with Crippen LogP contribution in [0.3, 0.4) is 0 Å². The zero-order valence-corrected chi connectivity index (χ0v) is 6.62. The van der Waals surface area contributed by atoms with Crippen LogP contribution >= 0.6 is 0 Å². The summed E-state index contributed by atoms with van der Waals surface area (Å²) < 4.78 is 36.5. The Hall–Kier alpha value is -0.104. The number of hydrogen-bond acceptors (Lipinski definition) is 2. The number of halogens is 3. The molecule has 0 spiro atoms.